The zero-order valence-corrected chi connectivity index (χ0v) is 11.1. The van der Waals surface area contributed by atoms with E-state index in [0.29, 0.717) is 12.8 Å². The summed E-state index contributed by atoms with van der Waals surface area (Å²) in [6.45, 7) is 6.15. The first-order chi connectivity index (χ1) is 8.49. The van der Waals surface area contributed by atoms with E-state index in [9.17, 15) is 4.79 Å². The number of fused-ring (bicyclic) bond motifs is 1. The number of hydrogen-bond acceptors (Lipinski definition) is 2. The maximum atomic E-state index is 10.9. The lowest BCUT2D eigenvalue weighted by atomic mass is 9.98. The molecule has 0 aliphatic rings. The van der Waals surface area contributed by atoms with Crippen LogP contribution in [0.15, 0.2) is 18.2 Å². The Kier molecular flexibility index (Phi) is 3.32. The number of primary amides is 1. The van der Waals surface area contributed by atoms with Gasteiger partial charge in [-0.3, -0.25) is 9.78 Å². The number of rotatable bonds is 3. The minimum atomic E-state index is -0.263. The zero-order valence-electron chi connectivity index (χ0n) is 11.1. The number of benzene rings is 1. The monoisotopic (exact) mass is 242 g/mol. The number of amides is 1. The largest absolute Gasteiger partial charge is 0.370 e. The second kappa shape index (κ2) is 4.77. The standard InChI is InChI=1S/C15H18N2O/c1-9-4-6-13-12(5-7-14(16)18)8-10(2)17-15(13)11(9)3/h4,6,8H,5,7H2,1-3H3,(H2,16,18). The summed E-state index contributed by atoms with van der Waals surface area (Å²) in [6.07, 6.45) is 1.06. The third-order valence-electron chi connectivity index (χ3n) is 3.36. The van der Waals surface area contributed by atoms with Gasteiger partial charge in [-0.15, -0.1) is 0 Å². The lowest BCUT2D eigenvalue weighted by Gasteiger charge is -2.10. The van der Waals surface area contributed by atoms with Gasteiger partial charge in [-0.25, -0.2) is 0 Å². The predicted molar refractivity (Wildman–Crippen MR) is 73.5 cm³/mol. The van der Waals surface area contributed by atoms with Gasteiger partial charge < -0.3 is 5.73 Å². The average molecular weight is 242 g/mol. The van der Waals surface area contributed by atoms with Gasteiger partial charge in [0, 0.05) is 17.5 Å². The Morgan fingerprint density at radius 2 is 2.00 bits per heavy atom. The normalized spacial score (nSPS) is 10.8. The minimum absolute atomic E-state index is 0.263. The van der Waals surface area contributed by atoms with E-state index >= 15 is 0 Å². The molecule has 18 heavy (non-hydrogen) atoms. The summed E-state index contributed by atoms with van der Waals surface area (Å²) in [4.78, 5) is 15.5. The molecule has 3 nitrogen and oxygen atoms in total. The van der Waals surface area contributed by atoms with Crippen molar-refractivity contribution in [1.29, 1.82) is 0 Å². The van der Waals surface area contributed by atoms with Crippen LogP contribution in [0.1, 0.15) is 28.8 Å². The highest BCUT2D eigenvalue weighted by molar-refractivity contribution is 5.86. The van der Waals surface area contributed by atoms with Gasteiger partial charge in [-0.2, -0.15) is 0 Å². The first kappa shape index (κ1) is 12.6. The highest BCUT2D eigenvalue weighted by Gasteiger charge is 2.08. The van der Waals surface area contributed by atoms with Crippen molar-refractivity contribution in [1.82, 2.24) is 4.98 Å². The summed E-state index contributed by atoms with van der Waals surface area (Å²) in [5.41, 5.74) is 10.8. The Bertz CT molecular complexity index is 617. The number of aryl methyl sites for hydroxylation is 4. The molecule has 0 radical (unpaired) electrons. The maximum absolute atomic E-state index is 10.9. The van der Waals surface area contributed by atoms with Crippen molar-refractivity contribution in [3.05, 3.63) is 40.6 Å². The van der Waals surface area contributed by atoms with Gasteiger partial charge in [-0.05, 0) is 49.9 Å². The lowest BCUT2D eigenvalue weighted by molar-refractivity contribution is -0.117. The molecule has 0 fully saturated rings. The molecular weight excluding hydrogens is 224 g/mol. The third-order valence-corrected chi connectivity index (χ3v) is 3.36. The molecule has 0 atom stereocenters. The Hall–Kier alpha value is -1.90. The fourth-order valence-corrected chi connectivity index (χ4v) is 2.21. The van der Waals surface area contributed by atoms with Crippen LogP contribution in [0, 0.1) is 20.8 Å². The number of carbonyl (C=O) groups is 1. The second-order valence-electron chi connectivity index (χ2n) is 4.79. The number of nitrogens with zero attached hydrogens (tertiary/aromatic N) is 1. The third kappa shape index (κ3) is 2.35. The predicted octanol–water partition coefficient (Wildman–Crippen LogP) is 2.58. The van der Waals surface area contributed by atoms with Crippen LogP contribution < -0.4 is 5.73 Å². The molecule has 0 spiro atoms. The van der Waals surface area contributed by atoms with E-state index in [1.54, 1.807) is 0 Å². The van der Waals surface area contributed by atoms with Crippen molar-refractivity contribution in [2.75, 3.05) is 0 Å². The van der Waals surface area contributed by atoms with Gasteiger partial charge in [-0.1, -0.05) is 12.1 Å². The molecule has 2 N–H and O–H groups in total. The van der Waals surface area contributed by atoms with Crippen LogP contribution >= 0.6 is 0 Å². The van der Waals surface area contributed by atoms with E-state index in [1.165, 1.54) is 11.1 Å². The van der Waals surface area contributed by atoms with Gasteiger partial charge >= 0.3 is 0 Å². The van der Waals surface area contributed by atoms with Gasteiger partial charge in [0.25, 0.3) is 0 Å². The summed E-state index contributed by atoms with van der Waals surface area (Å²) in [6, 6.07) is 6.23. The lowest BCUT2D eigenvalue weighted by Crippen LogP contribution is -2.11. The minimum Gasteiger partial charge on any atom is -0.370 e. The van der Waals surface area contributed by atoms with Crippen LogP contribution in [0.3, 0.4) is 0 Å². The Labute approximate surface area is 107 Å². The summed E-state index contributed by atoms with van der Waals surface area (Å²) in [5.74, 6) is -0.263. The number of nitrogens with two attached hydrogens (primary N) is 1. The Morgan fingerprint density at radius 1 is 1.28 bits per heavy atom. The molecule has 1 aromatic heterocycles. The summed E-state index contributed by atoms with van der Waals surface area (Å²) in [7, 11) is 0. The summed E-state index contributed by atoms with van der Waals surface area (Å²) >= 11 is 0. The molecule has 0 saturated heterocycles. The van der Waals surface area contributed by atoms with E-state index in [4.69, 9.17) is 5.73 Å². The number of hydrogen-bond donors (Lipinski definition) is 1. The maximum Gasteiger partial charge on any atom is 0.217 e. The van der Waals surface area contributed by atoms with Gasteiger partial charge in [0.05, 0.1) is 5.52 Å². The molecule has 0 unspecified atom stereocenters. The number of carbonyl (C=O) groups excluding carboxylic acids is 1. The summed E-state index contributed by atoms with van der Waals surface area (Å²) in [5, 5.41) is 1.13. The van der Waals surface area contributed by atoms with E-state index in [0.717, 1.165) is 22.2 Å². The smallest absolute Gasteiger partial charge is 0.217 e. The Balaban J connectivity index is 2.59. The molecule has 94 valence electrons. The second-order valence-corrected chi connectivity index (χ2v) is 4.79. The van der Waals surface area contributed by atoms with Crippen molar-refractivity contribution in [2.24, 2.45) is 5.73 Å². The van der Waals surface area contributed by atoms with Gasteiger partial charge in [0.2, 0.25) is 5.91 Å². The van der Waals surface area contributed by atoms with E-state index in [2.05, 4.69) is 31.0 Å². The molecule has 0 aliphatic heterocycles. The molecule has 2 aromatic rings. The fraction of sp³-hybridized carbons (Fsp3) is 0.333. The number of aromatic nitrogens is 1. The van der Waals surface area contributed by atoms with Crippen molar-refractivity contribution < 1.29 is 4.79 Å². The van der Waals surface area contributed by atoms with Crippen molar-refractivity contribution in [3.8, 4) is 0 Å². The van der Waals surface area contributed by atoms with Crippen LogP contribution in [0.5, 0.6) is 0 Å². The summed E-state index contributed by atoms with van der Waals surface area (Å²) < 4.78 is 0. The topological polar surface area (TPSA) is 56.0 Å². The Morgan fingerprint density at radius 3 is 2.67 bits per heavy atom. The van der Waals surface area contributed by atoms with Crippen LogP contribution in [-0.2, 0) is 11.2 Å². The SMILES string of the molecule is Cc1cc(CCC(N)=O)c2ccc(C)c(C)c2n1. The molecule has 0 aliphatic carbocycles. The van der Waals surface area contributed by atoms with E-state index < -0.39 is 0 Å². The molecular formula is C15H18N2O. The molecule has 1 aromatic carbocycles. The van der Waals surface area contributed by atoms with Crippen molar-refractivity contribution in [3.63, 3.8) is 0 Å². The molecule has 3 heteroatoms. The van der Waals surface area contributed by atoms with Crippen LogP contribution in [0.2, 0.25) is 0 Å². The molecule has 0 bridgehead atoms. The molecule has 1 amide bonds. The molecule has 2 rings (SSSR count). The van der Waals surface area contributed by atoms with E-state index in [-0.39, 0.29) is 5.91 Å². The van der Waals surface area contributed by atoms with Gasteiger partial charge in [0.1, 0.15) is 0 Å². The first-order valence-corrected chi connectivity index (χ1v) is 6.14. The highest BCUT2D eigenvalue weighted by atomic mass is 16.1. The van der Waals surface area contributed by atoms with E-state index in [1.807, 2.05) is 13.0 Å². The first-order valence-electron chi connectivity index (χ1n) is 6.14. The van der Waals surface area contributed by atoms with Crippen molar-refractivity contribution >= 4 is 16.8 Å². The van der Waals surface area contributed by atoms with Crippen LogP contribution in [-0.4, -0.2) is 10.9 Å². The molecule has 0 saturated carbocycles. The fourth-order valence-electron chi connectivity index (χ4n) is 2.21. The van der Waals surface area contributed by atoms with Crippen LogP contribution in [0.25, 0.3) is 10.9 Å². The quantitative estimate of drug-likeness (QED) is 0.899. The van der Waals surface area contributed by atoms with Crippen LogP contribution in [0.4, 0.5) is 0 Å². The number of pyridine rings is 1. The average Bonchev–Trinajstić information content (AvgIpc) is 2.31. The molecule has 1 heterocycles. The van der Waals surface area contributed by atoms with Crippen molar-refractivity contribution in [2.45, 2.75) is 33.6 Å². The highest BCUT2D eigenvalue weighted by Crippen LogP contribution is 2.24. The zero-order chi connectivity index (χ0) is 13.3. The van der Waals surface area contributed by atoms with Gasteiger partial charge in [0.15, 0.2) is 0 Å².